The van der Waals surface area contributed by atoms with Crippen LogP contribution in [-0.4, -0.2) is 11.0 Å². The van der Waals surface area contributed by atoms with Gasteiger partial charge in [-0.3, -0.25) is 15.6 Å². The number of hydrogen-bond donors (Lipinski definition) is 3. The second-order valence-electron chi connectivity index (χ2n) is 4.16. The zero-order valence-corrected chi connectivity index (χ0v) is 12.8. The largest absolute Gasteiger partial charge is 0.456 e. The first-order valence-corrected chi connectivity index (χ1v) is 7.08. The third-order valence-corrected chi connectivity index (χ3v) is 3.05. The van der Waals surface area contributed by atoms with E-state index in [9.17, 15) is 4.79 Å². The first-order valence-electron chi connectivity index (χ1n) is 6.30. The molecule has 0 aliphatic rings. The van der Waals surface area contributed by atoms with E-state index < -0.39 is 5.91 Å². The van der Waals surface area contributed by atoms with E-state index in [2.05, 4.69) is 16.2 Å². The molecular formula is C14H14ClN3O2S. The van der Waals surface area contributed by atoms with Crippen molar-refractivity contribution in [2.24, 2.45) is 0 Å². The van der Waals surface area contributed by atoms with Crippen LogP contribution in [-0.2, 0) is 6.42 Å². The summed E-state index contributed by atoms with van der Waals surface area (Å²) in [6.07, 6.45) is 0.732. The average molecular weight is 324 g/mol. The molecule has 1 heterocycles. The Morgan fingerprint density at radius 3 is 2.76 bits per heavy atom. The molecule has 5 nitrogen and oxygen atoms in total. The van der Waals surface area contributed by atoms with Crippen molar-refractivity contribution < 1.29 is 9.21 Å². The Balaban J connectivity index is 1.84. The van der Waals surface area contributed by atoms with Gasteiger partial charge in [-0.15, -0.1) is 0 Å². The Bertz CT molecular complexity index is 657. The van der Waals surface area contributed by atoms with Crippen LogP contribution >= 0.6 is 23.8 Å². The summed E-state index contributed by atoms with van der Waals surface area (Å²) in [6, 6.07) is 10.5. The number of aryl methyl sites for hydroxylation is 1. The van der Waals surface area contributed by atoms with Crippen molar-refractivity contribution >= 4 is 40.5 Å². The van der Waals surface area contributed by atoms with Crippen LogP contribution < -0.4 is 16.2 Å². The van der Waals surface area contributed by atoms with Crippen LogP contribution in [0.15, 0.2) is 40.8 Å². The monoisotopic (exact) mass is 323 g/mol. The van der Waals surface area contributed by atoms with E-state index in [-0.39, 0.29) is 10.9 Å². The molecule has 0 aliphatic carbocycles. The highest BCUT2D eigenvalue weighted by atomic mass is 35.5. The number of amides is 1. The van der Waals surface area contributed by atoms with Gasteiger partial charge in [0.25, 0.3) is 0 Å². The third kappa shape index (κ3) is 4.47. The zero-order valence-electron chi connectivity index (χ0n) is 11.3. The van der Waals surface area contributed by atoms with Crippen LogP contribution in [0.4, 0.5) is 5.69 Å². The molecule has 0 atom stereocenters. The lowest BCUT2D eigenvalue weighted by molar-refractivity contribution is 0.0914. The molecule has 1 amide bonds. The molecule has 0 aliphatic heterocycles. The van der Waals surface area contributed by atoms with E-state index in [0.29, 0.717) is 5.02 Å². The molecule has 7 heteroatoms. The maximum absolute atomic E-state index is 11.8. The van der Waals surface area contributed by atoms with Gasteiger partial charge in [-0.05, 0) is 42.5 Å². The highest BCUT2D eigenvalue weighted by Crippen LogP contribution is 2.14. The van der Waals surface area contributed by atoms with Gasteiger partial charge in [-0.25, -0.2) is 0 Å². The van der Waals surface area contributed by atoms with Gasteiger partial charge in [0, 0.05) is 17.1 Å². The molecule has 0 spiro atoms. The second kappa shape index (κ2) is 7.10. The van der Waals surface area contributed by atoms with Crippen molar-refractivity contribution in [2.45, 2.75) is 13.3 Å². The first kappa shape index (κ1) is 15.3. The van der Waals surface area contributed by atoms with Crippen molar-refractivity contribution in [1.29, 1.82) is 0 Å². The molecule has 0 radical (unpaired) electrons. The van der Waals surface area contributed by atoms with Gasteiger partial charge in [0.05, 0.1) is 0 Å². The molecular weight excluding hydrogens is 310 g/mol. The number of hydrazine groups is 1. The number of rotatable bonds is 3. The summed E-state index contributed by atoms with van der Waals surface area (Å²) in [5, 5.41) is 3.73. The van der Waals surface area contributed by atoms with E-state index in [0.717, 1.165) is 17.9 Å². The number of anilines is 1. The molecule has 2 rings (SSSR count). The van der Waals surface area contributed by atoms with E-state index in [1.165, 1.54) is 0 Å². The number of furan rings is 1. The minimum atomic E-state index is -0.398. The summed E-state index contributed by atoms with van der Waals surface area (Å²) in [5.41, 5.74) is 5.77. The topological polar surface area (TPSA) is 66.3 Å². The van der Waals surface area contributed by atoms with Gasteiger partial charge < -0.3 is 9.73 Å². The summed E-state index contributed by atoms with van der Waals surface area (Å²) in [5.74, 6) is 0.578. The van der Waals surface area contributed by atoms with Crippen molar-refractivity contribution in [3.05, 3.63) is 52.9 Å². The van der Waals surface area contributed by atoms with Gasteiger partial charge in [-0.2, -0.15) is 0 Å². The van der Waals surface area contributed by atoms with Gasteiger partial charge in [-0.1, -0.05) is 24.6 Å². The maximum Gasteiger partial charge on any atom is 0.305 e. The third-order valence-electron chi connectivity index (χ3n) is 2.61. The normalized spacial score (nSPS) is 10.0. The predicted octanol–water partition coefficient (Wildman–Crippen LogP) is 3.13. The van der Waals surface area contributed by atoms with E-state index in [1.54, 1.807) is 30.3 Å². The molecule has 1 aromatic heterocycles. The number of carbonyl (C=O) groups excluding carboxylic acids is 1. The standard InChI is InChI=1S/C14H14ClN3O2S/c1-2-11-6-7-12(20-11)13(19)17-18-14(21)16-10-5-3-4-9(15)8-10/h3-8H,2H2,1H3,(H,17,19)(H2,16,18,21). The molecule has 1 aromatic carbocycles. The summed E-state index contributed by atoms with van der Waals surface area (Å²) in [6.45, 7) is 1.95. The minimum absolute atomic E-state index is 0.227. The van der Waals surface area contributed by atoms with E-state index in [1.807, 2.05) is 13.0 Å². The molecule has 0 saturated heterocycles. The first-order chi connectivity index (χ1) is 10.1. The lowest BCUT2D eigenvalue weighted by Crippen LogP contribution is -2.43. The predicted molar refractivity (Wildman–Crippen MR) is 86.4 cm³/mol. The summed E-state index contributed by atoms with van der Waals surface area (Å²) in [4.78, 5) is 11.8. The van der Waals surface area contributed by atoms with Gasteiger partial charge in [0.2, 0.25) is 0 Å². The number of hydrogen-bond acceptors (Lipinski definition) is 3. The molecule has 0 saturated carbocycles. The van der Waals surface area contributed by atoms with Crippen LogP contribution in [0.3, 0.4) is 0 Å². The maximum atomic E-state index is 11.8. The Morgan fingerprint density at radius 1 is 1.29 bits per heavy atom. The van der Waals surface area contributed by atoms with Crippen LogP contribution in [0, 0.1) is 0 Å². The van der Waals surface area contributed by atoms with Crippen molar-refractivity contribution in [1.82, 2.24) is 10.9 Å². The summed E-state index contributed by atoms with van der Waals surface area (Å²) in [7, 11) is 0. The number of halogens is 1. The van der Waals surface area contributed by atoms with Crippen LogP contribution in [0.25, 0.3) is 0 Å². The fourth-order valence-electron chi connectivity index (χ4n) is 1.59. The quantitative estimate of drug-likeness (QED) is 0.598. The minimum Gasteiger partial charge on any atom is -0.456 e. The van der Waals surface area contributed by atoms with Crippen LogP contribution in [0.5, 0.6) is 0 Å². The Kier molecular flexibility index (Phi) is 5.19. The van der Waals surface area contributed by atoms with Gasteiger partial charge >= 0.3 is 5.91 Å². The molecule has 0 unspecified atom stereocenters. The number of carbonyl (C=O) groups is 1. The average Bonchev–Trinajstić information content (AvgIpc) is 2.94. The molecule has 0 bridgehead atoms. The second-order valence-corrected chi connectivity index (χ2v) is 5.01. The fraction of sp³-hybridized carbons (Fsp3) is 0.143. The van der Waals surface area contributed by atoms with Crippen LogP contribution in [0.2, 0.25) is 5.02 Å². The lowest BCUT2D eigenvalue weighted by Gasteiger charge is -2.10. The highest BCUT2D eigenvalue weighted by molar-refractivity contribution is 7.80. The van der Waals surface area contributed by atoms with Crippen LogP contribution in [0.1, 0.15) is 23.2 Å². The Labute approximate surface area is 132 Å². The van der Waals surface area contributed by atoms with Gasteiger partial charge in [0.15, 0.2) is 10.9 Å². The molecule has 21 heavy (non-hydrogen) atoms. The number of thiocarbonyl (C=S) groups is 1. The highest BCUT2D eigenvalue weighted by Gasteiger charge is 2.10. The molecule has 2 aromatic rings. The number of nitrogens with one attached hydrogen (secondary N) is 3. The van der Waals surface area contributed by atoms with Crippen molar-refractivity contribution in [3.8, 4) is 0 Å². The molecule has 110 valence electrons. The molecule has 3 N–H and O–H groups in total. The number of benzene rings is 1. The zero-order chi connectivity index (χ0) is 15.2. The van der Waals surface area contributed by atoms with Crippen molar-refractivity contribution in [2.75, 3.05) is 5.32 Å². The van der Waals surface area contributed by atoms with Crippen molar-refractivity contribution in [3.63, 3.8) is 0 Å². The fourth-order valence-corrected chi connectivity index (χ4v) is 1.95. The SMILES string of the molecule is CCc1ccc(C(=O)NNC(=S)Nc2cccc(Cl)c2)o1. The van der Waals surface area contributed by atoms with Gasteiger partial charge in [0.1, 0.15) is 5.76 Å². The Hall–Kier alpha value is -2.05. The smallest absolute Gasteiger partial charge is 0.305 e. The van der Waals surface area contributed by atoms with E-state index >= 15 is 0 Å². The Morgan fingerprint density at radius 2 is 2.10 bits per heavy atom. The van der Waals surface area contributed by atoms with E-state index in [4.69, 9.17) is 28.2 Å². The summed E-state index contributed by atoms with van der Waals surface area (Å²) < 4.78 is 5.33. The summed E-state index contributed by atoms with van der Waals surface area (Å²) >= 11 is 10.9. The molecule has 0 fully saturated rings. The lowest BCUT2D eigenvalue weighted by atomic mass is 10.3.